The molecule has 1 fully saturated rings. The molecule has 5 heteroatoms. The van der Waals surface area contributed by atoms with Crippen LogP contribution in [0.5, 0.6) is 0 Å². The number of benzene rings is 1. The number of imide groups is 1. The van der Waals surface area contributed by atoms with Crippen molar-refractivity contribution in [2.45, 2.75) is 83.8 Å². The van der Waals surface area contributed by atoms with Gasteiger partial charge in [0.15, 0.2) is 0 Å². The molecule has 0 bridgehead atoms. The van der Waals surface area contributed by atoms with Crippen molar-refractivity contribution in [1.29, 1.82) is 0 Å². The molecule has 2 rings (SSSR count). The number of rotatable bonds is 12. The molecular formula is C23H35NO4. The van der Waals surface area contributed by atoms with Gasteiger partial charge in [-0.1, -0.05) is 89.1 Å². The molecule has 0 aliphatic carbocycles. The predicted octanol–water partition coefficient (Wildman–Crippen LogP) is 4.71. The number of hydrogen-bond donors (Lipinski definition) is 1. The maximum Gasteiger partial charge on any atom is 0.416 e. The van der Waals surface area contributed by atoms with E-state index < -0.39 is 18.1 Å². The summed E-state index contributed by atoms with van der Waals surface area (Å²) in [5.74, 6) is -0.942. The fourth-order valence-electron chi connectivity index (χ4n) is 3.71. The highest BCUT2D eigenvalue weighted by Crippen LogP contribution is 2.23. The number of unbranched alkanes of at least 4 members (excludes halogenated alkanes) is 6. The summed E-state index contributed by atoms with van der Waals surface area (Å²) in [6.45, 7) is 4.12. The van der Waals surface area contributed by atoms with Crippen molar-refractivity contribution in [3.05, 3.63) is 35.9 Å². The molecule has 0 radical (unpaired) electrons. The van der Waals surface area contributed by atoms with Gasteiger partial charge in [-0.15, -0.1) is 0 Å². The molecule has 1 saturated heterocycles. The van der Waals surface area contributed by atoms with E-state index in [2.05, 4.69) is 6.92 Å². The molecular weight excluding hydrogens is 354 g/mol. The Morgan fingerprint density at radius 1 is 1.14 bits per heavy atom. The van der Waals surface area contributed by atoms with E-state index in [4.69, 9.17) is 4.74 Å². The fourth-order valence-corrected chi connectivity index (χ4v) is 3.71. The SMILES string of the molecule is CCCCCCCCC[C@@H](O)[C@H](C)C(=O)N1C(=O)OC[C@@H]1Cc1ccccc1. The molecule has 1 heterocycles. The molecule has 1 N–H and O–H groups in total. The zero-order valence-corrected chi connectivity index (χ0v) is 17.3. The van der Waals surface area contributed by atoms with Crippen molar-refractivity contribution in [3.63, 3.8) is 0 Å². The third-order valence-electron chi connectivity index (χ3n) is 5.58. The van der Waals surface area contributed by atoms with Gasteiger partial charge in [0.1, 0.15) is 6.61 Å². The van der Waals surface area contributed by atoms with Crippen molar-refractivity contribution >= 4 is 12.0 Å². The second kappa shape index (κ2) is 11.8. The fraction of sp³-hybridized carbons (Fsp3) is 0.652. The Labute approximate surface area is 169 Å². The molecule has 0 saturated carbocycles. The van der Waals surface area contributed by atoms with Crippen LogP contribution >= 0.6 is 0 Å². The molecule has 0 spiro atoms. The minimum absolute atomic E-state index is 0.208. The largest absolute Gasteiger partial charge is 0.447 e. The number of aliphatic hydroxyl groups is 1. The molecule has 5 nitrogen and oxygen atoms in total. The number of carbonyl (C=O) groups is 2. The van der Waals surface area contributed by atoms with E-state index in [9.17, 15) is 14.7 Å². The van der Waals surface area contributed by atoms with Crippen LogP contribution in [0.1, 0.15) is 70.8 Å². The van der Waals surface area contributed by atoms with Crippen LogP contribution in [-0.2, 0) is 16.0 Å². The molecule has 0 aromatic heterocycles. The van der Waals surface area contributed by atoms with Crippen LogP contribution in [0.2, 0.25) is 0 Å². The molecule has 28 heavy (non-hydrogen) atoms. The number of cyclic esters (lactones) is 1. The lowest BCUT2D eigenvalue weighted by Gasteiger charge is -2.25. The third kappa shape index (κ3) is 6.62. The second-order valence-electron chi connectivity index (χ2n) is 7.89. The summed E-state index contributed by atoms with van der Waals surface area (Å²) in [6.07, 6.45) is 8.01. The minimum Gasteiger partial charge on any atom is -0.447 e. The van der Waals surface area contributed by atoms with Gasteiger partial charge in [0, 0.05) is 0 Å². The first-order valence-corrected chi connectivity index (χ1v) is 10.8. The number of hydrogen-bond acceptors (Lipinski definition) is 4. The van der Waals surface area contributed by atoms with E-state index in [1.165, 1.54) is 37.0 Å². The van der Waals surface area contributed by atoms with E-state index in [1.54, 1.807) is 6.92 Å². The summed E-state index contributed by atoms with van der Waals surface area (Å²) < 4.78 is 5.13. The quantitative estimate of drug-likeness (QED) is 0.526. The number of aliphatic hydroxyl groups excluding tert-OH is 1. The van der Waals surface area contributed by atoms with Crippen LogP contribution in [0, 0.1) is 5.92 Å². The predicted molar refractivity (Wildman–Crippen MR) is 110 cm³/mol. The van der Waals surface area contributed by atoms with Gasteiger partial charge in [-0.05, 0) is 18.4 Å². The number of amides is 2. The number of nitrogens with zero attached hydrogens (tertiary/aromatic N) is 1. The monoisotopic (exact) mass is 389 g/mol. The van der Waals surface area contributed by atoms with E-state index in [0.717, 1.165) is 18.4 Å². The maximum atomic E-state index is 12.9. The van der Waals surface area contributed by atoms with E-state index in [0.29, 0.717) is 12.8 Å². The Morgan fingerprint density at radius 3 is 2.46 bits per heavy atom. The summed E-state index contributed by atoms with van der Waals surface area (Å²) in [7, 11) is 0. The Morgan fingerprint density at radius 2 is 1.79 bits per heavy atom. The zero-order chi connectivity index (χ0) is 20.4. The van der Waals surface area contributed by atoms with Gasteiger partial charge in [-0.25, -0.2) is 9.69 Å². The van der Waals surface area contributed by atoms with E-state index in [1.807, 2.05) is 30.3 Å². The Kier molecular flexibility index (Phi) is 9.48. The summed E-state index contributed by atoms with van der Waals surface area (Å²) in [5, 5.41) is 10.5. The van der Waals surface area contributed by atoms with Crippen LogP contribution in [0.4, 0.5) is 4.79 Å². The lowest BCUT2D eigenvalue weighted by molar-refractivity contribution is -0.136. The Bertz CT molecular complexity index is 604. The summed E-state index contributed by atoms with van der Waals surface area (Å²) in [4.78, 5) is 26.2. The molecule has 1 aliphatic rings. The van der Waals surface area contributed by atoms with Gasteiger partial charge in [0.25, 0.3) is 0 Å². The maximum absolute atomic E-state index is 12.9. The lowest BCUT2D eigenvalue weighted by atomic mass is 9.96. The third-order valence-corrected chi connectivity index (χ3v) is 5.58. The van der Waals surface area contributed by atoms with E-state index >= 15 is 0 Å². The van der Waals surface area contributed by atoms with Crippen LogP contribution in [0.15, 0.2) is 30.3 Å². The molecule has 1 aromatic carbocycles. The highest BCUT2D eigenvalue weighted by Gasteiger charge is 2.41. The van der Waals surface area contributed by atoms with Crippen LogP contribution in [-0.4, -0.2) is 40.8 Å². The van der Waals surface area contributed by atoms with Gasteiger partial charge < -0.3 is 9.84 Å². The van der Waals surface area contributed by atoms with Gasteiger partial charge in [-0.2, -0.15) is 0 Å². The van der Waals surface area contributed by atoms with Gasteiger partial charge in [-0.3, -0.25) is 4.79 Å². The normalized spacial score (nSPS) is 18.8. The second-order valence-corrected chi connectivity index (χ2v) is 7.89. The van der Waals surface area contributed by atoms with Gasteiger partial charge in [0.2, 0.25) is 5.91 Å². The molecule has 1 aliphatic heterocycles. The molecule has 2 amide bonds. The first-order chi connectivity index (χ1) is 13.5. The van der Waals surface area contributed by atoms with Crippen molar-refractivity contribution in [3.8, 4) is 0 Å². The Balaban J connectivity index is 1.81. The van der Waals surface area contributed by atoms with Crippen molar-refractivity contribution < 1.29 is 19.4 Å². The topological polar surface area (TPSA) is 66.8 Å². The first kappa shape index (κ1) is 22.4. The van der Waals surface area contributed by atoms with E-state index in [-0.39, 0.29) is 18.6 Å². The number of ether oxygens (including phenoxy) is 1. The summed E-state index contributed by atoms with van der Waals surface area (Å²) in [6, 6.07) is 9.46. The van der Waals surface area contributed by atoms with Crippen molar-refractivity contribution in [2.75, 3.05) is 6.61 Å². The average molecular weight is 390 g/mol. The molecule has 156 valence electrons. The minimum atomic E-state index is -0.728. The van der Waals surface area contributed by atoms with Crippen LogP contribution in [0.25, 0.3) is 0 Å². The number of carbonyl (C=O) groups excluding carboxylic acids is 2. The standard InChI is InChI=1S/C23H35NO4/c1-3-4-5-6-7-8-12-15-21(25)18(2)22(26)24-20(17-28-23(24)27)16-19-13-10-9-11-14-19/h9-11,13-14,18,20-21,25H,3-8,12,15-17H2,1-2H3/t18-,20-,21+/m0/s1. The molecule has 0 unspecified atom stereocenters. The highest BCUT2D eigenvalue weighted by molar-refractivity contribution is 5.94. The Hall–Kier alpha value is -1.88. The lowest BCUT2D eigenvalue weighted by Crippen LogP contribution is -2.45. The summed E-state index contributed by atoms with van der Waals surface area (Å²) >= 11 is 0. The first-order valence-electron chi connectivity index (χ1n) is 10.8. The van der Waals surface area contributed by atoms with Crippen LogP contribution < -0.4 is 0 Å². The highest BCUT2D eigenvalue weighted by atomic mass is 16.6. The molecule has 1 aromatic rings. The van der Waals surface area contributed by atoms with Crippen LogP contribution in [0.3, 0.4) is 0 Å². The average Bonchev–Trinajstić information content (AvgIpc) is 3.06. The smallest absolute Gasteiger partial charge is 0.416 e. The zero-order valence-electron chi connectivity index (χ0n) is 17.3. The summed E-state index contributed by atoms with van der Waals surface area (Å²) in [5.41, 5.74) is 1.06. The van der Waals surface area contributed by atoms with Gasteiger partial charge in [0.05, 0.1) is 18.1 Å². The van der Waals surface area contributed by atoms with Crippen molar-refractivity contribution in [2.24, 2.45) is 5.92 Å². The van der Waals surface area contributed by atoms with Gasteiger partial charge >= 0.3 is 6.09 Å². The van der Waals surface area contributed by atoms with Crippen molar-refractivity contribution in [1.82, 2.24) is 4.90 Å². The molecule has 3 atom stereocenters.